The Kier molecular flexibility index (Phi) is 9.23. The van der Waals surface area contributed by atoms with Crippen molar-refractivity contribution in [2.75, 3.05) is 37.3 Å². The Balaban J connectivity index is 1.23. The maximum Gasteiger partial charge on any atom is 0.389 e. The zero-order valence-corrected chi connectivity index (χ0v) is 21.3. The monoisotopic (exact) mass is 534 g/mol. The van der Waals surface area contributed by atoms with Gasteiger partial charge >= 0.3 is 6.18 Å². The molecule has 11 heteroatoms. The van der Waals surface area contributed by atoms with Crippen LogP contribution in [0.3, 0.4) is 0 Å². The Bertz CT molecular complexity index is 1120. The average Bonchev–Trinajstić information content (AvgIpc) is 2.86. The third-order valence-corrected chi connectivity index (χ3v) is 7.21. The fourth-order valence-electron chi connectivity index (χ4n) is 4.15. The maximum absolute atomic E-state index is 13.1. The predicted octanol–water partition coefficient (Wildman–Crippen LogP) is 6.85. The van der Waals surface area contributed by atoms with Crippen LogP contribution in [0.15, 0.2) is 65.7 Å². The molecule has 0 unspecified atom stereocenters. The van der Waals surface area contributed by atoms with Crippen molar-refractivity contribution in [1.82, 2.24) is 19.2 Å². The quantitative estimate of drug-likeness (QED) is 0.218. The molecular weight excluding hydrogens is 504 g/mol. The summed E-state index contributed by atoms with van der Waals surface area (Å²) in [4.78, 5) is 11.9. The van der Waals surface area contributed by atoms with E-state index in [4.69, 9.17) is 0 Å². The first-order valence-electron chi connectivity index (χ1n) is 12.2. The normalized spacial score (nSPS) is 15.2. The highest BCUT2D eigenvalue weighted by molar-refractivity contribution is 7.97. The van der Waals surface area contributed by atoms with Crippen LogP contribution in [-0.4, -0.2) is 58.1 Å². The van der Waals surface area contributed by atoms with Crippen molar-refractivity contribution in [1.29, 1.82) is 0 Å². The molecule has 0 atom stereocenters. The van der Waals surface area contributed by atoms with Gasteiger partial charge in [-0.3, -0.25) is 0 Å². The number of nitrogens with zero attached hydrogens (tertiary/aromatic N) is 4. The number of likely N-dealkylation sites (tertiary alicyclic amines) is 1. The zero-order chi connectivity index (χ0) is 26.3. The summed E-state index contributed by atoms with van der Waals surface area (Å²) in [5.74, 6) is 0.725. The molecule has 1 aliphatic heterocycles. The molecule has 0 amide bonds. The molecule has 1 aliphatic rings. The van der Waals surface area contributed by atoms with Gasteiger partial charge in [0, 0.05) is 34.9 Å². The minimum Gasteiger partial charge on any atom is -0.340 e. The van der Waals surface area contributed by atoms with Crippen molar-refractivity contribution in [3.05, 3.63) is 66.6 Å². The Morgan fingerprint density at radius 1 is 0.973 bits per heavy atom. The van der Waals surface area contributed by atoms with Crippen molar-refractivity contribution in [3.8, 4) is 0 Å². The van der Waals surface area contributed by atoms with Gasteiger partial charge in [-0.05, 0) is 112 Å². The highest BCUT2D eigenvalue weighted by Crippen LogP contribution is 2.29. The smallest absolute Gasteiger partial charge is 0.340 e. The van der Waals surface area contributed by atoms with E-state index < -0.39 is 12.6 Å². The number of halogens is 4. The number of piperidine rings is 1. The topological polar surface area (TPSA) is 56.3 Å². The van der Waals surface area contributed by atoms with Gasteiger partial charge in [-0.25, -0.2) is 13.7 Å². The first kappa shape index (κ1) is 27.2. The molecular formula is C26H30F4N6S. The van der Waals surface area contributed by atoms with Crippen LogP contribution in [0, 0.1) is 5.82 Å². The minimum absolute atomic E-state index is 0.166. The molecule has 1 fully saturated rings. The van der Waals surface area contributed by atoms with Crippen molar-refractivity contribution in [2.45, 2.75) is 42.8 Å². The van der Waals surface area contributed by atoms with Crippen molar-refractivity contribution in [3.63, 3.8) is 0 Å². The fourth-order valence-corrected chi connectivity index (χ4v) is 5.10. The van der Waals surface area contributed by atoms with Crippen LogP contribution in [0.25, 0.3) is 0 Å². The van der Waals surface area contributed by atoms with Crippen LogP contribution in [0.1, 0.15) is 25.7 Å². The van der Waals surface area contributed by atoms with Gasteiger partial charge in [0.2, 0.25) is 5.95 Å². The molecule has 2 aromatic carbocycles. The molecule has 198 valence electrons. The Hall–Kier alpha value is -2.89. The van der Waals surface area contributed by atoms with Crippen molar-refractivity contribution >= 4 is 35.1 Å². The summed E-state index contributed by atoms with van der Waals surface area (Å²) in [6, 6.07) is 16.1. The third-order valence-electron chi connectivity index (χ3n) is 6.14. The predicted molar refractivity (Wildman–Crippen MR) is 140 cm³/mol. The van der Waals surface area contributed by atoms with Crippen LogP contribution in [0.5, 0.6) is 0 Å². The van der Waals surface area contributed by atoms with E-state index in [0.29, 0.717) is 24.4 Å². The number of rotatable bonds is 10. The second-order valence-corrected chi connectivity index (χ2v) is 10.2. The summed E-state index contributed by atoms with van der Waals surface area (Å²) < 4.78 is 52.5. The van der Waals surface area contributed by atoms with Crippen LogP contribution < -0.4 is 10.6 Å². The van der Waals surface area contributed by atoms with Crippen LogP contribution in [0.4, 0.5) is 40.7 Å². The van der Waals surface area contributed by atoms with Gasteiger partial charge < -0.3 is 15.5 Å². The van der Waals surface area contributed by atoms with E-state index in [-0.39, 0.29) is 12.2 Å². The van der Waals surface area contributed by atoms with E-state index >= 15 is 0 Å². The molecule has 37 heavy (non-hydrogen) atoms. The van der Waals surface area contributed by atoms with Gasteiger partial charge in [-0.15, -0.1) is 0 Å². The van der Waals surface area contributed by atoms with Crippen molar-refractivity contribution < 1.29 is 17.6 Å². The number of aromatic nitrogens is 2. The summed E-state index contributed by atoms with van der Waals surface area (Å²) in [6.45, 7) is 2.16. The first-order chi connectivity index (χ1) is 17.7. The standard InChI is InChI=1S/C26H30F4N6S/c1-35(22-12-17-36(18-13-22)16-2-14-26(28,29)30)37-23-9-7-21(8-10-23)33-25-31-15-11-24(34-25)32-20-5-3-19(27)4-6-20/h3-11,15,22H,2,12-14,16-18H2,1H3,(H2,31,32,33,34). The second-order valence-electron chi connectivity index (χ2n) is 8.98. The lowest BCUT2D eigenvalue weighted by atomic mass is 10.1. The van der Waals surface area contributed by atoms with E-state index in [1.165, 1.54) is 12.1 Å². The van der Waals surface area contributed by atoms with E-state index in [2.05, 4.69) is 36.9 Å². The molecule has 2 heterocycles. The maximum atomic E-state index is 13.1. The molecule has 3 aromatic rings. The number of nitrogens with one attached hydrogen (secondary N) is 2. The SMILES string of the molecule is CN(Sc1ccc(Nc2nccc(Nc3ccc(F)cc3)n2)cc1)C1CCN(CCCC(F)(F)F)CC1. The summed E-state index contributed by atoms with van der Waals surface area (Å²) in [6.07, 6.45) is -1.09. The van der Waals surface area contributed by atoms with Gasteiger partial charge in [-0.2, -0.15) is 18.2 Å². The van der Waals surface area contributed by atoms with Gasteiger partial charge in [0.1, 0.15) is 11.6 Å². The lowest BCUT2D eigenvalue weighted by Crippen LogP contribution is -2.41. The highest BCUT2D eigenvalue weighted by atomic mass is 32.2. The van der Waals surface area contributed by atoms with Crippen molar-refractivity contribution in [2.24, 2.45) is 0 Å². The van der Waals surface area contributed by atoms with Gasteiger partial charge in [0.05, 0.1) is 0 Å². The molecule has 4 rings (SSSR count). The Morgan fingerprint density at radius 2 is 1.62 bits per heavy atom. The molecule has 0 spiro atoms. The molecule has 1 aromatic heterocycles. The molecule has 0 saturated carbocycles. The zero-order valence-electron chi connectivity index (χ0n) is 20.5. The summed E-state index contributed by atoms with van der Waals surface area (Å²) in [7, 11) is 2.06. The van der Waals surface area contributed by atoms with Gasteiger partial charge in [0.25, 0.3) is 0 Å². The van der Waals surface area contributed by atoms with E-state index in [1.807, 2.05) is 24.3 Å². The summed E-state index contributed by atoms with van der Waals surface area (Å²) in [5, 5.41) is 6.32. The highest BCUT2D eigenvalue weighted by Gasteiger charge is 2.28. The lowest BCUT2D eigenvalue weighted by molar-refractivity contribution is -0.136. The van der Waals surface area contributed by atoms with Gasteiger partial charge in [0.15, 0.2) is 0 Å². The number of hydrogen-bond acceptors (Lipinski definition) is 7. The summed E-state index contributed by atoms with van der Waals surface area (Å²) in [5.41, 5.74) is 1.57. The summed E-state index contributed by atoms with van der Waals surface area (Å²) >= 11 is 1.66. The number of anilines is 4. The minimum atomic E-state index is -4.07. The molecule has 0 radical (unpaired) electrons. The molecule has 0 aliphatic carbocycles. The average molecular weight is 535 g/mol. The van der Waals surface area contributed by atoms with Crippen LogP contribution >= 0.6 is 11.9 Å². The second kappa shape index (κ2) is 12.6. The number of hydrogen-bond donors (Lipinski definition) is 2. The third kappa shape index (κ3) is 8.87. The Morgan fingerprint density at radius 3 is 2.30 bits per heavy atom. The Labute approximate surface area is 218 Å². The van der Waals surface area contributed by atoms with E-state index in [9.17, 15) is 17.6 Å². The molecule has 6 nitrogen and oxygen atoms in total. The number of alkyl halides is 3. The van der Waals surface area contributed by atoms with E-state index in [1.54, 1.807) is 36.3 Å². The van der Waals surface area contributed by atoms with Crippen LogP contribution in [0.2, 0.25) is 0 Å². The van der Waals surface area contributed by atoms with Crippen LogP contribution in [-0.2, 0) is 0 Å². The number of benzene rings is 2. The largest absolute Gasteiger partial charge is 0.389 e. The molecule has 1 saturated heterocycles. The molecule has 0 bridgehead atoms. The fraction of sp³-hybridized carbons (Fsp3) is 0.385. The lowest BCUT2D eigenvalue weighted by Gasteiger charge is -2.36. The first-order valence-corrected chi connectivity index (χ1v) is 12.9. The van der Waals surface area contributed by atoms with Gasteiger partial charge in [-0.1, -0.05) is 0 Å². The molecule has 2 N–H and O–H groups in total. The van der Waals surface area contributed by atoms with E-state index in [0.717, 1.165) is 42.2 Å².